The van der Waals surface area contributed by atoms with Gasteiger partial charge < -0.3 is 0 Å². The first-order valence-electron chi connectivity index (χ1n) is 9.44. The zero-order chi connectivity index (χ0) is 21.6. The number of fused-ring (bicyclic) bond motifs is 1. The lowest BCUT2D eigenvalue weighted by Crippen LogP contribution is -2.47. The van der Waals surface area contributed by atoms with Gasteiger partial charge in [0.1, 0.15) is 12.2 Å². The van der Waals surface area contributed by atoms with Gasteiger partial charge in [0.05, 0.1) is 16.1 Å². The number of rotatable bonds is 3. The third-order valence-corrected chi connectivity index (χ3v) is 6.92. The van der Waals surface area contributed by atoms with E-state index in [4.69, 9.17) is 0 Å². The lowest BCUT2D eigenvalue weighted by Gasteiger charge is -2.18. The maximum atomic E-state index is 12.9. The van der Waals surface area contributed by atoms with E-state index in [0.29, 0.717) is 16.6 Å². The maximum Gasteiger partial charge on any atom is 0.288 e. The molecular formula is C22H16N4O4S. The summed E-state index contributed by atoms with van der Waals surface area (Å²) in [7, 11) is -3.86. The number of pyridine rings is 1. The molecule has 2 N–H and O–H groups in total. The molecule has 0 bridgehead atoms. The number of anilines is 1. The SMILES string of the molecule is O=C(CN1c2cccc3cccc(c23)S1(=O)=O)NNC(=O)c1ccc2ccccc2n1. The number of nitrogens with one attached hydrogen (secondary N) is 2. The van der Waals surface area contributed by atoms with Gasteiger partial charge in [0.2, 0.25) is 0 Å². The van der Waals surface area contributed by atoms with Crippen molar-refractivity contribution in [3.8, 4) is 0 Å². The van der Waals surface area contributed by atoms with Gasteiger partial charge in [0.15, 0.2) is 0 Å². The van der Waals surface area contributed by atoms with Gasteiger partial charge in [-0.1, -0.05) is 48.5 Å². The molecular weight excluding hydrogens is 416 g/mol. The smallest absolute Gasteiger partial charge is 0.271 e. The number of para-hydroxylation sites is 1. The summed E-state index contributed by atoms with van der Waals surface area (Å²) in [6, 6.07) is 20.9. The van der Waals surface area contributed by atoms with Gasteiger partial charge >= 0.3 is 0 Å². The average Bonchev–Trinajstić information content (AvgIpc) is 3.00. The molecule has 8 nitrogen and oxygen atoms in total. The molecule has 1 aliphatic heterocycles. The van der Waals surface area contributed by atoms with Crippen molar-refractivity contribution >= 4 is 49.2 Å². The number of sulfonamides is 1. The highest BCUT2D eigenvalue weighted by Crippen LogP contribution is 2.41. The minimum Gasteiger partial charge on any atom is -0.271 e. The van der Waals surface area contributed by atoms with E-state index in [9.17, 15) is 18.0 Å². The Bertz CT molecular complexity index is 1480. The van der Waals surface area contributed by atoms with Gasteiger partial charge in [-0.25, -0.2) is 13.4 Å². The number of amides is 2. The number of carbonyl (C=O) groups excluding carboxylic acids is 2. The van der Waals surface area contributed by atoms with E-state index in [2.05, 4.69) is 15.8 Å². The molecule has 2 amide bonds. The van der Waals surface area contributed by atoms with Crippen molar-refractivity contribution in [1.82, 2.24) is 15.8 Å². The van der Waals surface area contributed by atoms with Crippen LogP contribution in [-0.2, 0) is 14.8 Å². The number of nitrogens with zero attached hydrogens (tertiary/aromatic N) is 2. The summed E-state index contributed by atoms with van der Waals surface area (Å²) in [4.78, 5) is 29.2. The lowest BCUT2D eigenvalue weighted by atomic mass is 10.1. The van der Waals surface area contributed by atoms with Crippen LogP contribution in [0.4, 0.5) is 5.69 Å². The van der Waals surface area contributed by atoms with E-state index < -0.39 is 28.4 Å². The Balaban J connectivity index is 1.32. The van der Waals surface area contributed by atoms with Gasteiger partial charge in [-0.3, -0.25) is 24.7 Å². The second-order valence-corrected chi connectivity index (χ2v) is 8.87. The number of hydrogen-bond acceptors (Lipinski definition) is 5. The van der Waals surface area contributed by atoms with E-state index in [1.807, 2.05) is 30.3 Å². The molecule has 2 heterocycles. The van der Waals surface area contributed by atoms with Gasteiger partial charge in [0.25, 0.3) is 21.8 Å². The molecule has 0 fully saturated rings. The van der Waals surface area contributed by atoms with Gasteiger partial charge in [-0.15, -0.1) is 0 Å². The summed E-state index contributed by atoms with van der Waals surface area (Å²) >= 11 is 0. The maximum absolute atomic E-state index is 12.9. The summed E-state index contributed by atoms with van der Waals surface area (Å²) in [6.45, 7) is -0.471. The summed E-state index contributed by atoms with van der Waals surface area (Å²) in [6.07, 6.45) is 0. The molecule has 9 heteroatoms. The second kappa shape index (κ2) is 7.06. The standard InChI is InChI=1S/C22H16N4O4S/c27-20(24-25-22(28)17-12-11-14-5-1-2-8-16(14)23-17)13-26-18-9-3-6-15-7-4-10-19(21(15)18)31(26,29)30/h1-12H,13H2,(H,24,27)(H,25,28). The minimum absolute atomic E-state index is 0.130. The molecule has 0 aliphatic carbocycles. The van der Waals surface area contributed by atoms with Crippen LogP contribution in [0.15, 0.2) is 77.7 Å². The van der Waals surface area contributed by atoms with Crippen molar-refractivity contribution in [3.63, 3.8) is 0 Å². The van der Waals surface area contributed by atoms with Crippen molar-refractivity contribution in [3.05, 3.63) is 78.5 Å². The van der Waals surface area contributed by atoms with Crippen LogP contribution in [-0.4, -0.2) is 31.8 Å². The predicted molar refractivity (Wildman–Crippen MR) is 116 cm³/mol. The van der Waals surface area contributed by atoms with E-state index >= 15 is 0 Å². The van der Waals surface area contributed by atoms with Gasteiger partial charge in [0, 0.05) is 10.8 Å². The average molecular weight is 432 g/mol. The molecule has 154 valence electrons. The summed E-state index contributed by atoms with van der Waals surface area (Å²) < 4.78 is 26.9. The van der Waals surface area contributed by atoms with Crippen LogP contribution in [0.5, 0.6) is 0 Å². The number of benzene rings is 3. The normalized spacial score (nSPS) is 14.0. The number of hydrazine groups is 1. The largest absolute Gasteiger partial charge is 0.288 e. The highest BCUT2D eigenvalue weighted by Gasteiger charge is 2.36. The molecule has 0 saturated carbocycles. The third kappa shape index (κ3) is 3.15. The van der Waals surface area contributed by atoms with Gasteiger partial charge in [-0.2, -0.15) is 0 Å². The van der Waals surface area contributed by atoms with Crippen molar-refractivity contribution in [1.29, 1.82) is 0 Å². The van der Waals surface area contributed by atoms with Crippen molar-refractivity contribution in [2.45, 2.75) is 4.90 Å². The monoisotopic (exact) mass is 432 g/mol. The Morgan fingerprint density at radius 3 is 2.42 bits per heavy atom. The fourth-order valence-electron chi connectivity index (χ4n) is 3.68. The molecule has 4 aromatic rings. The fourth-order valence-corrected chi connectivity index (χ4v) is 5.35. The van der Waals surface area contributed by atoms with Crippen LogP contribution in [0.2, 0.25) is 0 Å². The Hall–Kier alpha value is -3.98. The molecule has 31 heavy (non-hydrogen) atoms. The van der Waals surface area contributed by atoms with Crippen molar-refractivity contribution < 1.29 is 18.0 Å². The summed E-state index contributed by atoms with van der Waals surface area (Å²) in [5, 5.41) is 2.25. The molecule has 1 aliphatic rings. The van der Waals surface area contributed by atoms with Crippen LogP contribution in [0.3, 0.4) is 0 Å². The fraction of sp³-hybridized carbons (Fsp3) is 0.0455. The van der Waals surface area contributed by atoms with Crippen LogP contribution in [0, 0.1) is 0 Å². The third-order valence-electron chi connectivity index (χ3n) is 5.11. The highest BCUT2D eigenvalue weighted by molar-refractivity contribution is 7.93. The molecule has 0 radical (unpaired) electrons. The number of hydrogen-bond donors (Lipinski definition) is 2. The molecule has 0 atom stereocenters. The minimum atomic E-state index is -3.86. The van der Waals surface area contributed by atoms with E-state index in [1.165, 1.54) is 6.07 Å². The first kappa shape index (κ1) is 19.0. The quantitative estimate of drug-likeness (QED) is 0.483. The van der Waals surface area contributed by atoms with Crippen LogP contribution in [0.1, 0.15) is 10.5 Å². The summed E-state index contributed by atoms with van der Waals surface area (Å²) in [5.74, 6) is -1.28. The first-order chi connectivity index (χ1) is 14.9. The molecule has 5 rings (SSSR count). The van der Waals surface area contributed by atoms with Crippen LogP contribution >= 0.6 is 0 Å². The van der Waals surface area contributed by atoms with Crippen molar-refractivity contribution in [2.24, 2.45) is 0 Å². The lowest BCUT2D eigenvalue weighted by molar-refractivity contribution is -0.120. The molecule has 1 aromatic heterocycles. The van der Waals surface area contributed by atoms with Crippen molar-refractivity contribution in [2.75, 3.05) is 10.8 Å². The molecule has 0 saturated heterocycles. The Kier molecular flexibility index (Phi) is 4.33. The topological polar surface area (TPSA) is 108 Å². The van der Waals surface area contributed by atoms with Crippen LogP contribution < -0.4 is 15.2 Å². The highest BCUT2D eigenvalue weighted by atomic mass is 32.2. The van der Waals surface area contributed by atoms with E-state index in [0.717, 1.165) is 15.1 Å². The zero-order valence-electron chi connectivity index (χ0n) is 16.1. The Morgan fingerprint density at radius 1 is 0.839 bits per heavy atom. The predicted octanol–water partition coefficient (Wildman–Crippen LogP) is 2.36. The molecule has 3 aromatic carbocycles. The Morgan fingerprint density at radius 2 is 1.58 bits per heavy atom. The number of carbonyl (C=O) groups is 2. The van der Waals surface area contributed by atoms with Gasteiger partial charge in [-0.05, 0) is 29.7 Å². The van der Waals surface area contributed by atoms with E-state index in [-0.39, 0.29) is 10.6 Å². The zero-order valence-corrected chi connectivity index (χ0v) is 16.9. The van der Waals surface area contributed by atoms with Crippen LogP contribution in [0.25, 0.3) is 21.7 Å². The summed E-state index contributed by atoms with van der Waals surface area (Å²) in [5.41, 5.74) is 5.77. The molecule has 0 spiro atoms. The second-order valence-electron chi connectivity index (χ2n) is 7.03. The molecule has 0 unspecified atom stereocenters. The number of aromatic nitrogens is 1. The Labute approximate surface area is 177 Å². The van der Waals surface area contributed by atoms with E-state index in [1.54, 1.807) is 36.4 Å². The first-order valence-corrected chi connectivity index (χ1v) is 10.9.